The fraction of sp³-hybridized carbons (Fsp3) is 0. The number of furan rings is 1. The normalized spacial score (nSPS) is 11.9. The summed E-state index contributed by atoms with van der Waals surface area (Å²) in [6, 6.07) is 45.2. The lowest BCUT2D eigenvalue weighted by atomic mass is 10.0. The molecule has 4 nitrogen and oxygen atoms in total. The molecule has 9 aromatic rings. The first-order valence-electron chi connectivity index (χ1n) is 13.8. The standard InChI is InChI=1S/C37H23N3O/c1-6-12-36-26(7-1)23-37(41-36)40-33-11-5-3-9-29(33)31-22-25(14-16-35(31)40)24-13-15-34-30(21-24)28-8-2-4-10-32(28)39(34)27-17-19-38-20-18-27/h1-23H. The fourth-order valence-corrected chi connectivity index (χ4v) is 6.39. The van der Waals surface area contributed by atoms with E-state index in [0.717, 1.165) is 33.6 Å². The van der Waals surface area contributed by atoms with E-state index in [2.05, 4.69) is 123 Å². The molecule has 0 aliphatic heterocycles. The van der Waals surface area contributed by atoms with Gasteiger partial charge in [-0.1, -0.05) is 66.7 Å². The quantitative estimate of drug-likeness (QED) is 0.230. The molecule has 0 bridgehead atoms. The molecule has 0 saturated carbocycles. The molecular formula is C37H23N3O. The SMILES string of the molecule is c1ccc2oc(-n3c4ccccc4c4cc(-c5ccc6c(c5)c5ccccc5n6-c5ccncc5)ccc43)cc2c1. The number of hydrogen-bond donors (Lipinski definition) is 0. The largest absolute Gasteiger partial charge is 0.440 e. The summed E-state index contributed by atoms with van der Waals surface area (Å²) in [5.41, 5.74) is 9.02. The van der Waals surface area contributed by atoms with Crippen LogP contribution in [0.5, 0.6) is 0 Å². The Morgan fingerprint density at radius 2 is 1.02 bits per heavy atom. The van der Waals surface area contributed by atoms with Crippen LogP contribution in [0.1, 0.15) is 0 Å². The number of aromatic nitrogens is 3. The van der Waals surface area contributed by atoms with Gasteiger partial charge in [0, 0.05) is 51.1 Å². The van der Waals surface area contributed by atoms with E-state index in [1.807, 2.05) is 30.6 Å². The first-order valence-corrected chi connectivity index (χ1v) is 13.8. The van der Waals surface area contributed by atoms with E-state index in [1.165, 1.54) is 43.7 Å². The van der Waals surface area contributed by atoms with E-state index < -0.39 is 0 Å². The van der Waals surface area contributed by atoms with Crippen molar-refractivity contribution in [3.63, 3.8) is 0 Å². The van der Waals surface area contributed by atoms with Gasteiger partial charge in [-0.05, 0) is 65.7 Å². The van der Waals surface area contributed by atoms with E-state index in [-0.39, 0.29) is 0 Å². The van der Waals surface area contributed by atoms with Gasteiger partial charge in [0.25, 0.3) is 0 Å². The maximum absolute atomic E-state index is 6.33. The highest BCUT2D eigenvalue weighted by Gasteiger charge is 2.17. The zero-order valence-corrected chi connectivity index (χ0v) is 22.0. The van der Waals surface area contributed by atoms with Crippen molar-refractivity contribution in [1.29, 1.82) is 0 Å². The van der Waals surface area contributed by atoms with E-state index in [4.69, 9.17) is 4.42 Å². The van der Waals surface area contributed by atoms with Crippen LogP contribution in [-0.4, -0.2) is 14.1 Å². The highest BCUT2D eigenvalue weighted by molar-refractivity contribution is 6.12. The zero-order valence-electron chi connectivity index (χ0n) is 22.0. The summed E-state index contributed by atoms with van der Waals surface area (Å²) in [4.78, 5) is 4.23. The number of rotatable bonds is 3. The third-order valence-electron chi connectivity index (χ3n) is 8.23. The number of pyridine rings is 1. The zero-order chi connectivity index (χ0) is 26.9. The molecule has 4 aromatic heterocycles. The van der Waals surface area contributed by atoms with E-state index in [1.54, 1.807) is 0 Å². The molecule has 0 fully saturated rings. The van der Waals surface area contributed by atoms with Crippen molar-refractivity contribution >= 4 is 54.6 Å². The lowest BCUT2D eigenvalue weighted by molar-refractivity contribution is 0.590. The maximum atomic E-state index is 6.33. The highest BCUT2D eigenvalue weighted by Crippen LogP contribution is 2.38. The van der Waals surface area contributed by atoms with Crippen molar-refractivity contribution in [2.24, 2.45) is 0 Å². The number of nitrogens with zero attached hydrogens (tertiary/aromatic N) is 3. The van der Waals surface area contributed by atoms with Crippen molar-refractivity contribution in [3.05, 3.63) is 140 Å². The lowest BCUT2D eigenvalue weighted by Crippen LogP contribution is -1.93. The van der Waals surface area contributed by atoms with Gasteiger partial charge in [-0.15, -0.1) is 0 Å². The molecule has 0 aliphatic rings. The highest BCUT2D eigenvalue weighted by atomic mass is 16.4. The van der Waals surface area contributed by atoms with Gasteiger partial charge in [-0.3, -0.25) is 9.55 Å². The molecule has 4 heteroatoms. The number of hydrogen-bond acceptors (Lipinski definition) is 2. The predicted octanol–water partition coefficient (Wildman–Crippen LogP) is 9.69. The molecule has 0 amide bonds. The molecule has 0 atom stereocenters. The van der Waals surface area contributed by atoms with Gasteiger partial charge in [-0.2, -0.15) is 0 Å². The van der Waals surface area contributed by atoms with Gasteiger partial charge >= 0.3 is 0 Å². The van der Waals surface area contributed by atoms with Crippen molar-refractivity contribution in [1.82, 2.24) is 14.1 Å². The molecule has 0 unspecified atom stereocenters. The molecule has 0 spiro atoms. The Morgan fingerprint density at radius 1 is 0.463 bits per heavy atom. The summed E-state index contributed by atoms with van der Waals surface area (Å²) in [5.74, 6) is 0.829. The van der Waals surface area contributed by atoms with Crippen LogP contribution in [0.25, 0.3) is 77.3 Å². The third kappa shape index (κ3) is 3.25. The molecular weight excluding hydrogens is 502 g/mol. The van der Waals surface area contributed by atoms with Crippen molar-refractivity contribution in [2.45, 2.75) is 0 Å². The van der Waals surface area contributed by atoms with Crippen LogP contribution in [0.4, 0.5) is 0 Å². The average molecular weight is 526 g/mol. The Morgan fingerprint density at radius 3 is 1.71 bits per heavy atom. The minimum absolute atomic E-state index is 0.829. The second kappa shape index (κ2) is 8.44. The predicted molar refractivity (Wildman–Crippen MR) is 168 cm³/mol. The molecule has 41 heavy (non-hydrogen) atoms. The smallest absolute Gasteiger partial charge is 0.205 e. The Balaban J connectivity index is 1.26. The van der Waals surface area contributed by atoms with Crippen LogP contribution < -0.4 is 0 Å². The number of para-hydroxylation sites is 3. The summed E-state index contributed by atoms with van der Waals surface area (Å²) < 4.78 is 10.9. The Kier molecular flexibility index (Phi) is 4.58. The van der Waals surface area contributed by atoms with Gasteiger partial charge in [-0.25, -0.2) is 0 Å². The minimum atomic E-state index is 0.829. The average Bonchev–Trinajstić information content (AvgIpc) is 3.70. The van der Waals surface area contributed by atoms with Gasteiger partial charge in [0.15, 0.2) is 0 Å². The van der Waals surface area contributed by atoms with Crippen LogP contribution in [0, 0.1) is 0 Å². The summed E-state index contributed by atoms with van der Waals surface area (Å²) in [7, 11) is 0. The van der Waals surface area contributed by atoms with Gasteiger partial charge < -0.3 is 8.98 Å². The first kappa shape index (κ1) is 22.2. The first-order chi connectivity index (χ1) is 20.3. The van der Waals surface area contributed by atoms with E-state index >= 15 is 0 Å². The summed E-state index contributed by atoms with van der Waals surface area (Å²) in [5, 5.41) is 5.99. The summed E-state index contributed by atoms with van der Waals surface area (Å²) >= 11 is 0. The molecule has 5 aromatic carbocycles. The molecule has 192 valence electrons. The van der Waals surface area contributed by atoms with Crippen LogP contribution in [0.2, 0.25) is 0 Å². The van der Waals surface area contributed by atoms with E-state index in [9.17, 15) is 0 Å². The second-order valence-electron chi connectivity index (χ2n) is 10.5. The minimum Gasteiger partial charge on any atom is -0.440 e. The van der Waals surface area contributed by atoms with Gasteiger partial charge in [0.05, 0.1) is 22.1 Å². The number of fused-ring (bicyclic) bond motifs is 7. The molecule has 0 radical (unpaired) electrons. The van der Waals surface area contributed by atoms with Crippen LogP contribution in [0.3, 0.4) is 0 Å². The van der Waals surface area contributed by atoms with Crippen LogP contribution in [-0.2, 0) is 0 Å². The fourth-order valence-electron chi connectivity index (χ4n) is 6.39. The van der Waals surface area contributed by atoms with Crippen LogP contribution in [0.15, 0.2) is 144 Å². The van der Waals surface area contributed by atoms with Crippen molar-refractivity contribution in [2.75, 3.05) is 0 Å². The topological polar surface area (TPSA) is 35.9 Å². The van der Waals surface area contributed by atoms with Gasteiger partial charge in [0.2, 0.25) is 5.88 Å². The summed E-state index contributed by atoms with van der Waals surface area (Å²) in [6.07, 6.45) is 3.70. The molecule has 9 rings (SSSR count). The Hall–Kier alpha value is -5.61. The maximum Gasteiger partial charge on any atom is 0.205 e. The monoisotopic (exact) mass is 525 g/mol. The molecule has 0 aliphatic carbocycles. The summed E-state index contributed by atoms with van der Waals surface area (Å²) in [6.45, 7) is 0. The second-order valence-corrected chi connectivity index (χ2v) is 10.5. The van der Waals surface area contributed by atoms with E-state index in [0.29, 0.717) is 0 Å². The third-order valence-corrected chi connectivity index (χ3v) is 8.23. The molecule has 4 heterocycles. The Labute approximate surface area is 235 Å². The number of benzene rings is 5. The molecule has 0 N–H and O–H groups in total. The van der Waals surface area contributed by atoms with Gasteiger partial charge in [0.1, 0.15) is 5.58 Å². The molecule has 0 saturated heterocycles. The van der Waals surface area contributed by atoms with Crippen molar-refractivity contribution < 1.29 is 4.42 Å². The van der Waals surface area contributed by atoms with Crippen molar-refractivity contribution in [3.8, 4) is 22.7 Å². The van der Waals surface area contributed by atoms with Crippen LogP contribution >= 0.6 is 0 Å². The lowest BCUT2D eigenvalue weighted by Gasteiger charge is -2.08. The Bertz CT molecular complexity index is 2390.